The Morgan fingerprint density at radius 3 is 2.74 bits per heavy atom. The van der Waals surface area contributed by atoms with Gasteiger partial charge in [-0.1, -0.05) is 37.6 Å². The first-order valence-electron chi connectivity index (χ1n) is 6.48. The van der Waals surface area contributed by atoms with Crippen LogP contribution in [0, 0.1) is 5.41 Å². The molecular weight excluding hydrogens is 262 g/mol. The van der Waals surface area contributed by atoms with Gasteiger partial charge >= 0.3 is 0 Å². The maximum absolute atomic E-state index is 11.8. The molecule has 0 saturated carbocycles. The van der Waals surface area contributed by atoms with E-state index < -0.39 is 0 Å². The fourth-order valence-electron chi connectivity index (χ4n) is 2.10. The third-order valence-corrected chi connectivity index (χ3v) is 3.10. The summed E-state index contributed by atoms with van der Waals surface area (Å²) < 4.78 is 0. The Labute approximate surface area is 120 Å². The average molecular weight is 284 g/mol. The van der Waals surface area contributed by atoms with Crippen molar-refractivity contribution in [2.45, 2.75) is 39.7 Å². The summed E-state index contributed by atoms with van der Waals surface area (Å²) in [5.74, 6) is -0.0269. The topological polar surface area (TPSA) is 49.3 Å². The molecule has 0 aromatic heterocycles. The Kier molecular flexibility index (Phi) is 5.83. The van der Waals surface area contributed by atoms with E-state index in [-0.39, 0.29) is 17.4 Å². The maximum Gasteiger partial charge on any atom is 0.224 e. The van der Waals surface area contributed by atoms with Gasteiger partial charge in [0.25, 0.3) is 0 Å². The van der Waals surface area contributed by atoms with E-state index >= 15 is 0 Å². The first-order chi connectivity index (χ1) is 8.78. The maximum atomic E-state index is 11.8. The highest BCUT2D eigenvalue weighted by atomic mass is 35.5. The number of carbonyl (C=O) groups excluding carboxylic acids is 1. The normalized spacial score (nSPS) is 13.1. The first kappa shape index (κ1) is 16.0. The van der Waals surface area contributed by atoms with Crippen LogP contribution >= 0.6 is 11.6 Å². The van der Waals surface area contributed by atoms with Crippen molar-refractivity contribution >= 4 is 17.5 Å². The van der Waals surface area contributed by atoms with Crippen molar-refractivity contribution in [3.05, 3.63) is 34.9 Å². The van der Waals surface area contributed by atoms with Crippen molar-refractivity contribution in [2.24, 2.45) is 5.41 Å². The van der Waals surface area contributed by atoms with E-state index in [1.54, 1.807) is 19.1 Å². The molecule has 0 aliphatic rings. The second-order valence-electron chi connectivity index (χ2n) is 5.80. The number of benzene rings is 1. The highest BCUT2D eigenvalue weighted by Crippen LogP contribution is 2.21. The number of rotatable bonds is 6. The van der Waals surface area contributed by atoms with Crippen molar-refractivity contribution in [2.75, 3.05) is 6.54 Å². The van der Waals surface area contributed by atoms with Gasteiger partial charge in [0.1, 0.15) is 0 Å². The van der Waals surface area contributed by atoms with E-state index in [4.69, 9.17) is 11.6 Å². The Morgan fingerprint density at radius 1 is 1.47 bits per heavy atom. The molecule has 0 saturated heterocycles. The van der Waals surface area contributed by atoms with E-state index in [0.29, 0.717) is 24.4 Å². The number of amides is 1. The zero-order chi connectivity index (χ0) is 14.5. The fourth-order valence-corrected chi connectivity index (χ4v) is 2.32. The van der Waals surface area contributed by atoms with Gasteiger partial charge in [0.05, 0.1) is 12.5 Å². The lowest BCUT2D eigenvalue weighted by Gasteiger charge is -2.26. The molecule has 1 aromatic rings. The van der Waals surface area contributed by atoms with E-state index in [9.17, 15) is 9.90 Å². The minimum absolute atomic E-state index is 0.0269. The Morgan fingerprint density at radius 2 is 2.16 bits per heavy atom. The van der Waals surface area contributed by atoms with Gasteiger partial charge in [-0.3, -0.25) is 4.79 Å². The summed E-state index contributed by atoms with van der Waals surface area (Å²) in [5.41, 5.74) is 0.788. The number of nitrogens with one attached hydrogen (secondary N) is 1. The summed E-state index contributed by atoms with van der Waals surface area (Å²) in [7, 11) is 0. The van der Waals surface area contributed by atoms with Crippen LogP contribution in [0.2, 0.25) is 5.02 Å². The zero-order valence-electron chi connectivity index (χ0n) is 11.7. The first-order valence-corrected chi connectivity index (χ1v) is 6.85. The zero-order valence-corrected chi connectivity index (χ0v) is 12.5. The Bertz CT molecular complexity index is 430. The number of halogens is 1. The lowest BCUT2D eigenvalue weighted by Crippen LogP contribution is -2.36. The molecule has 0 bridgehead atoms. The molecule has 1 aromatic carbocycles. The highest BCUT2D eigenvalue weighted by molar-refractivity contribution is 6.30. The predicted molar refractivity (Wildman–Crippen MR) is 78.2 cm³/mol. The van der Waals surface area contributed by atoms with Crippen LogP contribution in [-0.4, -0.2) is 23.7 Å². The van der Waals surface area contributed by atoms with Gasteiger partial charge in [-0.15, -0.1) is 0 Å². The molecule has 0 spiro atoms. The van der Waals surface area contributed by atoms with Crippen LogP contribution in [0.3, 0.4) is 0 Å². The molecule has 19 heavy (non-hydrogen) atoms. The summed E-state index contributed by atoms with van der Waals surface area (Å²) >= 11 is 5.88. The highest BCUT2D eigenvalue weighted by Gasteiger charge is 2.21. The van der Waals surface area contributed by atoms with Crippen molar-refractivity contribution in [3.8, 4) is 0 Å². The quantitative estimate of drug-likeness (QED) is 0.843. The van der Waals surface area contributed by atoms with Crippen molar-refractivity contribution < 1.29 is 9.90 Å². The van der Waals surface area contributed by atoms with Crippen molar-refractivity contribution in [3.63, 3.8) is 0 Å². The van der Waals surface area contributed by atoms with Crippen LogP contribution in [0.5, 0.6) is 0 Å². The molecule has 1 rings (SSSR count). The van der Waals surface area contributed by atoms with E-state index in [0.717, 1.165) is 5.56 Å². The third-order valence-electron chi connectivity index (χ3n) is 2.87. The van der Waals surface area contributed by atoms with Crippen LogP contribution in [0.1, 0.15) is 32.8 Å². The molecule has 1 atom stereocenters. The molecule has 1 amide bonds. The summed E-state index contributed by atoms with van der Waals surface area (Å²) in [4.78, 5) is 11.8. The van der Waals surface area contributed by atoms with Crippen LogP contribution in [0.15, 0.2) is 24.3 Å². The molecular formula is C15H22ClNO2. The van der Waals surface area contributed by atoms with Gasteiger partial charge in [-0.25, -0.2) is 0 Å². The summed E-state index contributed by atoms with van der Waals surface area (Å²) in [6.07, 6.45) is 0.621. The Balaban J connectivity index is 2.44. The van der Waals surface area contributed by atoms with Crippen LogP contribution in [0.25, 0.3) is 0 Å². The molecule has 4 heteroatoms. The van der Waals surface area contributed by atoms with Gasteiger partial charge < -0.3 is 10.4 Å². The number of hydrogen-bond acceptors (Lipinski definition) is 2. The monoisotopic (exact) mass is 283 g/mol. The SMILES string of the molecule is CC(O)CC(C)(C)CNC(=O)Cc1cccc(Cl)c1. The van der Waals surface area contributed by atoms with Gasteiger partial charge in [-0.2, -0.15) is 0 Å². The Hall–Kier alpha value is -1.06. The molecule has 0 heterocycles. The molecule has 0 aliphatic carbocycles. The minimum Gasteiger partial charge on any atom is -0.393 e. The fraction of sp³-hybridized carbons (Fsp3) is 0.533. The van der Waals surface area contributed by atoms with Gasteiger partial charge in [-0.05, 0) is 36.5 Å². The van der Waals surface area contributed by atoms with Gasteiger partial charge in [0.2, 0.25) is 5.91 Å². The van der Waals surface area contributed by atoms with Crippen molar-refractivity contribution in [1.29, 1.82) is 0 Å². The summed E-state index contributed by atoms with van der Waals surface area (Å²) in [5, 5.41) is 12.9. The average Bonchev–Trinajstić information content (AvgIpc) is 2.25. The summed E-state index contributed by atoms with van der Waals surface area (Å²) in [6.45, 7) is 6.37. The van der Waals surface area contributed by atoms with Gasteiger partial charge in [0, 0.05) is 11.6 Å². The lowest BCUT2D eigenvalue weighted by atomic mass is 9.87. The van der Waals surface area contributed by atoms with Crippen molar-refractivity contribution in [1.82, 2.24) is 5.32 Å². The number of hydrogen-bond donors (Lipinski definition) is 2. The number of carbonyl (C=O) groups is 1. The molecule has 3 nitrogen and oxygen atoms in total. The molecule has 0 fully saturated rings. The molecule has 1 unspecified atom stereocenters. The largest absolute Gasteiger partial charge is 0.393 e. The molecule has 106 valence electrons. The smallest absolute Gasteiger partial charge is 0.224 e. The number of aliphatic hydroxyl groups is 1. The van der Waals surface area contributed by atoms with Gasteiger partial charge in [0.15, 0.2) is 0 Å². The minimum atomic E-state index is -0.361. The standard InChI is InChI=1S/C15H22ClNO2/c1-11(18)9-15(2,3)10-17-14(19)8-12-5-4-6-13(16)7-12/h4-7,11,18H,8-10H2,1-3H3,(H,17,19). The van der Waals surface area contributed by atoms with E-state index in [1.165, 1.54) is 0 Å². The summed E-state index contributed by atoms with van der Waals surface area (Å²) in [6, 6.07) is 7.30. The lowest BCUT2D eigenvalue weighted by molar-refractivity contribution is -0.121. The number of aliphatic hydroxyl groups excluding tert-OH is 1. The second kappa shape index (κ2) is 6.92. The van der Waals surface area contributed by atoms with Crippen LogP contribution in [0.4, 0.5) is 0 Å². The predicted octanol–water partition coefficient (Wildman–Crippen LogP) is 2.80. The molecule has 0 radical (unpaired) electrons. The van der Waals surface area contributed by atoms with E-state index in [1.807, 2.05) is 26.0 Å². The molecule has 0 aliphatic heterocycles. The third kappa shape index (κ3) is 6.60. The van der Waals surface area contributed by atoms with Crippen LogP contribution < -0.4 is 5.32 Å². The second-order valence-corrected chi connectivity index (χ2v) is 6.24. The molecule has 2 N–H and O–H groups in total. The van der Waals surface area contributed by atoms with Crippen LogP contribution in [-0.2, 0) is 11.2 Å². The van der Waals surface area contributed by atoms with E-state index in [2.05, 4.69) is 5.32 Å².